The summed E-state index contributed by atoms with van der Waals surface area (Å²) in [4.78, 5) is 36.8. The highest BCUT2D eigenvalue weighted by molar-refractivity contribution is 7.86. The number of nitrogens with zero attached hydrogens (tertiary/aromatic N) is 1. The Labute approximate surface area is 141 Å². The molecule has 0 amide bonds. The molecule has 1 N–H and O–H groups in total. The van der Waals surface area contributed by atoms with E-state index in [2.05, 4.69) is 4.98 Å². The number of nitrogens with one attached hydrogen (secondary N) is 1. The third kappa shape index (κ3) is 3.75. The van der Waals surface area contributed by atoms with Gasteiger partial charge in [0.05, 0.1) is 6.26 Å². The van der Waals surface area contributed by atoms with Crippen LogP contribution in [0.1, 0.15) is 18.2 Å². The van der Waals surface area contributed by atoms with E-state index in [-0.39, 0.29) is 18.6 Å². The van der Waals surface area contributed by atoms with Crippen molar-refractivity contribution in [3.8, 4) is 0 Å². The van der Waals surface area contributed by atoms with Crippen molar-refractivity contribution in [2.75, 3.05) is 12.9 Å². The quantitative estimate of drug-likeness (QED) is 0.517. The Bertz CT molecular complexity index is 903. The summed E-state index contributed by atoms with van der Waals surface area (Å²) in [5, 5.41) is 0. The van der Waals surface area contributed by atoms with Crippen molar-refractivity contribution < 1.29 is 31.6 Å². The smallest absolute Gasteiger partial charge is 0.430 e. The summed E-state index contributed by atoms with van der Waals surface area (Å²) in [6, 6.07) is 0. The van der Waals surface area contributed by atoms with E-state index in [0.29, 0.717) is 0 Å². The normalized spacial score (nSPS) is 29.4. The zero-order chi connectivity index (χ0) is 18.4. The molecule has 2 fully saturated rings. The molecule has 2 aliphatic rings. The van der Waals surface area contributed by atoms with E-state index < -0.39 is 52.1 Å². The second kappa shape index (κ2) is 6.28. The van der Waals surface area contributed by atoms with Crippen molar-refractivity contribution in [2.24, 2.45) is 0 Å². The Balaban J connectivity index is 1.91. The Morgan fingerprint density at radius 1 is 1.32 bits per heavy atom. The standard InChI is InChI=1S/C13H16N2O9S/c1-6-4-15(12(17)14-11(6)16)9-3-7(24-25(2,19)20)10(23-9)8-5-21-13(18)22-8/h4,7-10H,3,5H2,1-2H3,(H,14,16,17)/t7-,8-,9-,10+/m1/s1. The van der Waals surface area contributed by atoms with E-state index in [1.165, 1.54) is 13.1 Å². The highest BCUT2D eigenvalue weighted by Gasteiger charge is 2.47. The predicted molar refractivity (Wildman–Crippen MR) is 80.5 cm³/mol. The molecule has 0 bridgehead atoms. The lowest BCUT2D eigenvalue weighted by atomic mass is 10.1. The largest absolute Gasteiger partial charge is 0.508 e. The molecule has 3 heterocycles. The fourth-order valence-electron chi connectivity index (χ4n) is 2.79. The number of aromatic nitrogens is 2. The number of ether oxygens (including phenoxy) is 3. The number of hydrogen-bond acceptors (Lipinski definition) is 9. The van der Waals surface area contributed by atoms with E-state index in [4.69, 9.17) is 18.4 Å². The van der Waals surface area contributed by atoms with Gasteiger partial charge in [0.25, 0.3) is 15.7 Å². The number of hydrogen-bond donors (Lipinski definition) is 1. The average Bonchev–Trinajstić information content (AvgIpc) is 3.07. The predicted octanol–water partition coefficient (Wildman–Crippen LogP) is -0.987. The monoisotopic (exact) mass is 376 g/mol. The fourth-order valence-corrected chi connectivity index (χ4v) is 3.42. The molecule has 4 atom stereocenters. The van der Waals surface area contributed by atoms with Crippen molar-refractivity contribution in [1.82, 2.24) is 9.55 Å². The molecule has 0 aliphatic carbocycles. The fraction of sp³-hybridized carbons (Fsp3) is 0.615. The minimum Gasteiger partial charge on any atom is -0.430 e. The number of carbonyl (C=O) groups is 1. The Kier molecular flexibility index (Phi) is 4.43. The van der Waals surface area contributed by atoms with E-state index in [0.717, 1.165) is 10.8 Å². The lowest BCUT2D eigenvalue weighted by Crippen LogP contribution is -2.38. The summed E-state index contributed by atoms with van der Waals surface area (Å²) in [5.41, 5.74) is -0.959. The third-order valence-electron chi connectivity index (χ3n) is 3.85. The molecule has 2 saturated heterocycles. The highest BCUT2D eigenvalue weighted by atomic mass is 32.2. The van der Waals surface area contributed by atoms with Gasteiger partial charge < -0.3 is 14.2 Å². The molecule has 1 aromatic rings. The second-order valence-electron chi connectivity index (χ2n) is 5.83. The molecule has 0 radical (unpaired) electrons. The van der Waals surface area contributed by atoms with Crippen molar-refractivity contribution >= 4 is 16.3 Å². The molecule has 11 nitrogen and oxygen atoms in total. The molecule has 1 aromatic heterocycles. The van der Waals surface area contributed by atoms with E-state index in [1.54, 1.807) is 0 Å². The molecule has 3 rings (SSSR count). The topological polar surface area (TPSA) is 143 Å². The SMILES string of the molecule is Cc1cn([C@H]2C[C@@H](OS(C)(=O)=O)[C@@H]([C@H]3COC(=O)O3)O2)c(=O)[nH]c1=O. The maximum absolute atomic E-state index is 12.0. The maximum atomic E-state index is 12.0. The molecule has 0 spiro atoms. The van der Waals surface area contributed by atoms with Crippen LogP contribution in [0.3, 0.4) is 0 Å². The van der Waals surface area contributed by atoms with Crippen LogP contribution in [0.25, 0.3) is 0 Å². The maximum Gasteiger partial charge on any atom is 0.508 e. The second-order valence-corrected chi connectivity index (χ2v) is 7.43. The van der Waals surface area contributed by atoms with Crippen LogP contribution in [0.2, 0.25) is 0 Å². The zero-order valence-corrected chi connectivity index (χ0v) is 14.1. The van der Waals surface area contributed by atoms with Crippen molar-refractivity contribution in [3.63, 3.8) is 0 Å². The van der Waals surface area contributed by atoms with Gasteiger partial charge in [0, 0.05) is 18.2 Å². The molecule has 2 aliphatic heterocycles. The van der Waals surface area contributed by atoms with Gasteiger partial charge in [0.15, 0.2) is 6.10 Å². The van der Waals surface area contributed by atoms with Gasteiger partial charge in [-0.3, -0.25) is 18.5 Å². The number of carbonyl (C=O) groups excluding carboxylic acids is 1. The first-order valence-electron chi connectivity index (χ1n) is 7.33. The van der Waals surface area contributed by atoms with Gasteiger partial charge in [-0.2, -0.15) is 8.42 Å². The first-order valence-corrected chi connectivity index (χ1v) is 9.15. The molecule has 25 heavy (non-hydrogen) atoms. The first-order chi connectivity index (χ1) is 11.6. The van der Waals surface area contributed by atoms with Crippen molar-refractivity contribution in [1.29, 1.82) is 0 Å². The number of H-pyrrole nitrogens is 1. The summed E-state index contributed by atoms with van der Waals surface area (Å²) in [7, 11) is -3.82. The minimum absolute atomic E-state index is 0.00280. The summed E-state index contributed by atoms with van der Waals surface area (Å²) in [5.74, 6) is 0. The molecular weight excluding hydrogens is 360 g/mol. The number of cyclic esters (lactones) is 2. The van der Waals surface area contributed by atoms with Crippen molar-refractivity contribution in [2.45, 2.75) is 37.9 Å². The van der Waals surface area contributed by atoms with Gasteiger partial charge in [-0.1, -0.05) is 0 Å². The summed E-state index contributed by atoms with van der Waals surface area (Å²) in [6.45, 7) is 1.39. The molecule has 0 unspecified atom stereocenters. The Morgan fingerprint density at radius 2 is 2.04 bits per heavy atom. The Hall–Kier alpha value is -2.18. The van der Waals surface area contributed by atoms with Crippen LogP contribution in [0.15, 0.2) is 15.8 Å². The summed E-state index contributed by atoms with van der Waals surface area (Å²) >= 11 is 0. The number of aryl methyl sites for hydroxylation is 1. The van der Waals surface area contributed by atoms with Gasteiger partial charge in [0.1, 0.15) is 25.0 Å². The first kappa shape index (κ1) is 17.6. The van der Waals surface area contributed by atoms with Crippen LogP contribution in [-0.4, -0.2) is 55.3 Å². The van der Waals surface area contributed by atoms with Gasteiger partial charge >= 0.3 is 11.8 Å². The van der Waals surface area contributed by atoms with E-state index in [1.807, 2.05) is 0 Å². The molecule has 12 heteroatoms. The summed E-state index contributed by atoms with van der Waals surface area (Å²) in [6.07, 6.45) is -2.43. The van der Waals surface area contributed by atoms with Crippen LogP contribution in [0, 0.1) is 6.92 Å². The van der Waals surface area contributed by atoms with Crippen LogP contribution in [0.5, 0.6) is 0 Å². The van der Waals surface area contributed by atoms with Crippen LogP contribution >= 0.6 is 0 Å². The van der Waals surface area contributed by atoms with E-state index in [9.17, 15) is 22.8 Å². The van der Waals surface area contributed by atoms with Crippen molar-refractivity contribution in [3.05, 3.63) is 32.6 Å². The summed E-state index contributed by atoms with van der Waals surface area (Å²) < 4.78 is 44.5. The van der Waals surface area contributed by atoms with E-state index >= 15 is 0 Å². The molecule has 0 saturated carbocycles. The lowest BCUT2D eigenvalue weighted by Gasteiger charge is -2.21. The van der Waals surface area contributed by atoms with Gasteiger partial charge in [-0.05, 0) is 6.92 Å². The number of rotatable bonds is 4. The number of aromatic amines is 1. The minimum atomic E-state index is -3.82. The van der Waals surface area contributed by atoms with Crippen LogP contribution in [-0.2, 0) is 28.5 Å². The Morgan fingerprint density at radius 3 is 2.64 bits per heavy atom. The van der Waals surface area contributed by atoms with Crippen LogP contribution < -0.4 is 11.2 Å². The van der Waals surface area contributed by atoms with Gasteiger partial charge in [-0.15, -0.1) is 0 Å². The molecule has 0 aromatic carbocycles. The van der Waals surface area contributed by atoms with Gasteiger partial charge in [0.2, 0.25) is 0 Å². The lowest BCUT2D eigenvalue weighted by molar-refractivity contribution is -0.0692. The molecular formula is C13H16N2O9S. The van der Waals surface area contributed by atoms with Crippen LogP contribution in [0.4, 0.5) is 4.79 Å². The highest BCUT2D eigenvalue weighted by Crippen LogP contribution is 2.34. The van der Waals surface area contributed by atoms with Gasteiger partial charge in [-0.25, -0.2) is 9.59 Å². The average molecular weight is 376 g/mol. The third-order valence-corrected chi connectivity index (χ3v) is 4.45. The molecule has 138 valence electrons. The zero-order valence-electron chi connectivity index (χ0n) is 13.3.